The van der Waals surface area contributed by atoms with E-state index < -0.39 is 6.10 Å². The topological polar surface area (TPSA) is 65.5 Å². The smallest absolute Gasteiger partial charge is 0.323 e. The SMILES string of the molecule is Cc1ccccc1-c1cnc(NC(=O)N(C)CCC(C)O)s1. The lowest BCUT2D eigenvalue weighted by atomic mass is 10.1. The van der Waals surface area contributed by atoms with Crippen LogP contribution < -0.4 is 5.32 Å². The highest BCUT2D eigenvalue weighted by molar-refractivity contribution is 7.19. The van der Waals surface area contributed by atoms with Crippen LogP contribution in [0.2, 0.25) is 0 Å². The molecule has 0 saturated heterocycles. The van der Waals surface area contributed by atoms with E-state index >= 15 is 0 Å². The maximum Gasteiger partial charge on any atom is 0.323 e. The molecule has 1 unspecified atom stereocenters. The first-order valence-corrected chi connectivity index (χ1v) is 8.01. The van der Waals surface area contributed by atoms with Crippen molar-refractivity contribution in [3.8, 4) is 10.4 Å². The molecule has 0 aliphatic rings. The van der Waals surface area contributed by atoms with Gasteiger partial charge in [0.1, 0.15) is 0 Å². The highest BCUT2D eigenvalue weighted by atomic mass is 32.1. The summed E-state index contributed by atoms with van der Waals surface area (Å²) in [7, 11) is 1.70. The van der Waals surface area contributed by atoms with Gasteiger partial charge in [-0.2, -0.15) is 0 Å². The molecule has 5 nitrogen and oxygen atoms in total. The van der Waals surface area contributed by atoms with Crippen molar-refractivity contribution in [2.45, 2.75) is 26.4 Å². The molecule has 1 aromatic carbocycles. The Morgan fingerprint density at radius 1 is 1.45 bits per heavy atom. The number of thiazole rings is 1. The van der Waals surface area contributed by atoms with Crippen LogP contribution >= 0.6 is 11.3 Å². The number of aromatic nitrogens is 1. The number of nitrogens with one attached hydrogen (secondary N) is 1. The van der Waals surface area contributed by atoms with Gasteiger partial charge >= 0.3 is 6.03 Å². The van der Waals surface area contributed by atoms with Crippen molar-refractivity contribution in [2.24, 2.45) is 0 Å². The summed E-state index contributed by atoms with van der Waals surface area (Å²) in [5.41, 5.74) is 2.31. The normalized spacial score (nSPS) is 12.0. The Labute approximate surface area is 134 Å². The van der Waals surface area contributed by atoms with Gasteiger partial charge in [0.2, 0.25) is 0 Å². The Hall–Kier alpha value is -1.92. The van der Waals surface area contributed by atoms with Crippen molar-refractivity contribution in [3.05, 3.63) is 36.0 Å². The number of aliphatic hydroxyl groups is 1. The molecule has 0 saturated carbocycles. The highest BCUT2D eigenvalue weighted by Crippen LogP contribution is 2.31. The van der Waals surface area contributed by atoms with Crippen molar-refractivity contribution in [3.63, 3.8) is 0 Å². The third-order valence-corrected chi connectivity index (χ3v) is 4.31. The molecule has 2 rings (SSSR count). The molecule has 2 N–H and O–H groups in total. The Balaban J connectivity index is 2.00. The Morgan fingerprint density at radius 2 is 2.18 bits per heavy atom. The van der Waals surface area contributed by atoms with Crippen LogP contribution in [0.3, 0.4) is 0 Å². The fraction of sp³-hybridized carbons (Fsp3) is 0.375. The van der Waals surface area contributed by atoms with Gasteiger partial charge in [-0.3, -0.25) is 5.32 Å². The summed E-state index contributed by atoms with van der Waals surface area (Å²) in [5.74, 6) is 0. The molecule has 118 valence electrons. The number of nitrogens with zero attached hydrogens (tertiary/aromatic N) is 2. The van der Waals surface area contributed by atoms with E-state index in [0.717, 1.165) is 10.4 Å². The van der Waals surface area contributed by atoms with Crippen LogP contribution in [-0.4, -0.2) is 40.7 Å². The van der Waals surface area contributed by atoms with E-state index in [2.05, 4.69) is 23.3 Å². The quantitative estimate of drug-likeness (QED) is 0.888. The Kier molecular flexibility index (Phi) is 5.51. The van der Waals surface area contributed by atoms with Crippen molar-refractivity contribution in [1.82, 2.24) is 9.88 Å². The van der Waals surface area contributed by atoms with Gasteiger partial charge < -0.3 is 10.0 Å². The van der Waals surface area contributed by atoms with Gasteiger partial charge in [0.15, 0.2) is 5.13 Å². The molecule has 0 fully saturated rings. The van der Waals surface area contributed by atoms with Gasteiger partial charge in [-0.05, 0) is 31.4 Å². The summed E-state index contributed by atoms with van der Waals surface area (Å²) in [6, 6.07) is 7.87. The zero-order valence-electron chi connectivity index (χ0n) is 13.0. The van der Waals surface area contributed by atoms with E-state index in [4.69, 9.17) is 0 Å². The number of anilines is 1. The predicted octanol–water partition coefficient (Wildman–Crippen LogP) is 3.35. The zero-order chi connectivity index (χ0) is 16.1. The van der Waals surface area contributed by atoms with Crippen LogP contribution in [0.4, 0.5) is 9.93 Å². The average molecular weight is 319 g/mol. The molecule has 0 aliphatic carbocycles. The first-order chi connectivity index (χ1) is 10.5. The largest absolute Gasteiger partial charge is 0.393 e. The van der Waals surface area contributed by atoms with E-state index in [-0.39, 0.29) is 6.03 Å². The number of amides is 2. The minimum absolute atomic E-state index is 0.216. The summed E-state index contributed by atoms with van der Waals surface area (Å²) in [6.45, 7) is 4.26. The molecule has 6 heteroatoms. The molecule has 2 aromatic rings. The number of aryl methyl sites for hydroxylation is 1. The zero-order valence-corrected chi connectivity index (χ0v) is 13.9. The lowest BCUT2D eigenvalue weighted by Crippen LogP contribution is -2.33. The number of aliphatic hydroxyl groups excluding tert-OH is 1. The number of carbonyl (C=O) groups is 1. The van der Waals surface area contributed by atoms with Crippen LogP contribution in [0.15, 0.2) is 30.5 Å². The number of rotatable bonds is 5. The second-order valence-electron chi connectivity index (χ2n) is 5.33. The number of carbonyl (C=O) groups excluding carboxylic acids is 1. The van der Waals surface area contributed by atoms with Crippen molar-refractivity contribution in [2.75, 3.05) is 18.9 Å². The van der Waals surface area contributed by atoms with E-state index in [1.165, 1.54) is 16.9 Å². The van der Waals surface area contributed by atoms with E-state index in [0.29, 0.717) is 18.1 Å². The summed E-state index contributed by atoms with van der Waals surface area (Å²) >= 11 is 1.45. The van der Waals surface area contributed by atoms with Crippen LogP contribution in [0, 0.1) is 6.92 Å². The van der Waals surface area contributed by atoms with Crippen molar-refractivity contribution >= 4 is 22.5 Å². The third-order valence-electron chi connectivity index (χ3n) is 3.36. The number of hydrogen-bond acceptors (Lipinski definition) is 4. The van der Waals surface area contributed by atoms with Crippen LogP contribution in [0.1, 0.15) is 18.9 Å². The molecule has 22 heavy (non-hydrogen) atoms. The summed E-state index contributed by atoms with van der Waals surface area (Å²) < 4.78 is 0. The van der Waals surface area contributed by atoms with E-state index in [1.54, 1.807) is 25.1 Å². The predicted molar refractivity (Wildman–Crippen MR) is 90.2 cm³/mol. The Bertz CT molecular complexity index is 640. The summed E-state index contributed by atoms with van der Waals surface area (Å²) in [6.07, 6.45) is 1.91. The van der Waals surface area contributed by atoms with Gasteiger partial charge in [-0.15, -0.1) is 0 Å². The van der Waals surface area contributed by atoms with Crippen molar-refractivity contribution in [1.29, 1.82) is 0 Å². The van der Waals surface area contributed by atoms with E-state index in [1.807, 2.05) is 18.2 Å². The molecule has 1 aromatic heterocycles. The van der Waals surface area contributed by atoms with E-state index in [9.17, 15) is 9.90 Å². The molecule has 1 atom stereocenters. The monoisotopic (exact) mass is 319 g/mol. The lowest BCUT2D eigenvalue weighted by molar-refractivity contribution is 0.167. The highest BCUT2D eigenvalue weighted by Gasteiger charge is 2.13. The number of urea groups is 1. The molecule has 0 radical (unpaired) electrons. The maximum absolute atomic E-state index is 12.0. The van der Waals surface area contributed by atoms with Crippen molar-refractivity contribution < 1.29 is 9.90 Å². The summed E-state index contributed by atoms with van der Waals surface area (Å²) in [5, 5.41) is 12.6. The van der Waals surface area contributed by atoms with Gasteiger partial charge in [0.25, 0.3) is 0 Å². The standard InChI is InChI=1S/C16H21N3O2S/c1-11-6-4-5-7-13(11)14-10-17-15(22-14)18-16(21)19(3)9-8-12(2)20/h4-7,10,12,20H,8-9H2,1-3H3,(H,17,18,21). The fourth-order valence-corrected chi connectivity index (χ4v) is 2.87. The molecule has 0 aliphatic heterocycles. The minimum Gasteiger partial charge on any atom is -0.393 e. The second-order valence-corrected chi connectivity index (χ2v) is 6.36. The summed E-state index contributed by atoms with van der Waals surface area (Å²) in [4.78, 5) is 18.9. The lowest BCUT2D eigenvalue weighted by Gasteiger charge is -2.17. The molecule has 0 spiro atoms. The first-order valence-electron chi connectivity index (χ1n) is 7.19. The number of hydrogen-bond donors (Lipinski definition) is 2. The van der Waals surface area contributed by atoms with Gasteiger partial charge in [-0.1, -0.05) is 35.6 Å². The molecule has 2 amide bonds. The number of benzene rings is 1. The molecular weight excluding hydrogens is 298 g/mol. The minimum atomic E-state index is -0.414. The average Bonchev–Trinajstić information content (AvgIpc) is 2.93. The first kappa shape index (κ1) is 16.5. The van der Waals surface area contributed by atoms with Crippen LogP contribution in [0.25, 0.3) is 10.4 Å². The van der Waals surface area contributed by atoms with Gasteiger partial charge in [0.05, 0.1) is 11.0 Å². The van der Waals surface area contributed by atoms with Crippen LogP contribution in [0.5, 0.6) is 0 Å². The third kappa shape index (κ3) is 4.29. The molecule has 0 bridgehead atoms. The van der Waals surface area contributed by atoms with Crippen LogP contribution in [-0.2, 0) is 0 Å². The second kappa shape index (κ2) is 7.38. The van der Waals surface area contributed by atoms with Gasteiger partial charge in [-0.25, -0.2) is 9.78 Å². The van der Waals surface area contributed by atoms with Gasteiger partial charge in [0, 0.05) is 19.8 Å². The maximum atomic E-state index is 12.0. The Morgan fingerprint density at radius 3 is 2.86 bits per heavy atom. The molecular formula is C16H21N3O2S. The fourth-order valence-electron chi connectivity index (χ4n) is 1.97. The molecule has 1 heterocycles.